The van der Waals surface area contributed by atoms with Crippen molar-refractivity contribution in [3.05, 3.63) is 60.0 Å². The SMILES string of the molecule is Cc1ccccc1-c1nnc(-c2sc(-c3cccnc3)nc2C)o1. The first-order valence-corrected chi connectivity index (χ1v) is 8.32. The van der Waals surface area contributed by atoms with Crippen molar-refractivity contribution in [3.8, 4) is 32.8 Å². The molecular weight excluding hydrogens is 320 g/mol. The summed E-state index contributed by atoms with van der Waals surface area (Å²) in [6, 6.07) is 11.8. The maximum absolute atomic E-state index is 5.90. The minimum Gasteiger partial charge on any atom is -0.415 e. The molecule has 0 saturated carbocycles. The second-order valence-corrected chi connectivity index (χ2v) is 6.40. The number of thiazole rings is 1. The number of hydrogen-bond acceptors (Lipinski definition) is 6. The molecule has 0 aliphatic rings. The van der Waals surface area contributed by atoms with E-state index in [1.54, 1.807) is 12.4 Å². The number of benzene rings is 1. The lowest BCUT2D eigenvalue weighted by molar-refractivity contribution is 0.585. The molecule has 0 amide bonds. The Hall–Kier alpha value is -2.86. The van der Waals surface area contributed by atoms with Crippen molar-refractivity contribution >= 4 is 11.3 Å². The zero-order chi connectivity index (χ0) is 16.5. The monoisotopic (exact) mass is 334 g/mol. The average Bonchev–Trinajstić information content (AvgIpc) is 3.23. The normalized spacial score (nSPS) is 10.9. The predicted molar refractivity (Wildman–Crippen MR) is 93.5 cm³/mol. The van der Waals surface area contributed by atoms with Crippen LogP contribution in [0.15, 0.2) is 53.2 Å². The van der Waals surface area contributed by atoms with E-state index in [0.29, 0.717) is 11.8 Å². The Morgan fingerprint density at radius 2 is 1.79 bits per heavy atom. The number of pyridine rings is 1. The Morgan fingerprint density at radius 1 is 0.958 bits per heavy atom. The average molecular weight is 334 g/mol. The van der Waals surface area contributed by atoms with Gasteiger partial charge in [0.2, 0.25) is 5.89 Å². The highest BCUT2D eigenvalue weighted by molar-refractivity contribution is 7.18. The van der Waals surface area contributed by atoms with Crippen LogP contribution < -0.4 is 0 Å². The number of aromatic nitrogens is 4. The van der Waals surface area contributed by atoms with Gasteiger partial charge < -0.3 is 4.42 Å². The van der Waals surface area contributed by atoms with E-state index in [-0.39, 0.29) is 0 Å². The smallest absolute Gasteiger partial charge is 0.260 e. The van der Waals surface area contributed by atoms with Gasteiger partial charge in [0.25, 0.3) is 5.89 Å². The topological polar surface area (TPSA) is 64.7 Å². The van der Waals surface area contributed by atoms with Crippen molar-refractivity contribution in [2.24, 2.45) is 0 Å². The molecular formula is C18H14N4OS. The van der Waals surface area contributed by atoms with Crippen molar-refractivity contribution in [2.75, 3.05) is 0 Å². The highest BCUT2D eigenvalue weighted by atomic mass is 32.1. The first kappa shape index (κ1) is 14.7. The number of hydrogen-bond donors (Lipinski definition) is 0. The third-order valence-corrected chi connectivity index (χ3v) is 4.89. The van der Waals surface area contributed by atoms with Crippen LogP contribution in [0.4, 0.5) is 0 Å². The summed E-state index contributed by atoms with van der Waals surface area (Å²) in [4.78, 5) is 9.64. The third-order valence-electron chi connectivity index (χ3n) is 3.70. The molecule has 1 aromatic carbocycles. The quantitative estimate of drug-likeness (QED) is 0.550. The van der Waals surface area contributed by atoms with Gasteiger partial charge in [0.1, 0.15) is 9.88 Å². The van der Waals surface area contributed by atoms with Crippen LogP contribution in [-0.4, -0.2) is 20.2 Å². The molecule has 5 nitrogen and oxygen atoms in total. The van der Waals surface area contributed by atoms with E-state index in [1.807, 2.05) is 50.2 Å². The standard InChI is InChI=1S/C18H14N4OS/c1-11-6-3-4-8-14(11)16-21-22-17(23-16)15-12(2)20-18(24-15)13-7-5-9-19-10-13/h3-10H,1-2H3. The van der Waals surface area contributed by atoms with E-state index in [9.17, 15) is 0 Å². The van der Waals surface area contributed by atoms with Gasteiger partial charge in [0.05, 0.1) is 5.69 Å². The van der Waals surface area contributed by atoms with Crippen molar-refractivity contribution in [2.45, 2.75) is 13.8 Å². The number of nitrogens with zero attached hydrogens (tertiary/aromatic N) is 4. The van der Waals surface area contributed by atoms with Crippen LogP contribution in [0.3, 0.4) is 0 Å². The fourth-order valence-corrected chi connectivity index (χ4v) is 3.42. The van der Waals surface area contributed by atoms with Crippen LogP contribution in [0.1, 0.15) is 11.3 Å². The molecule has 3 aromatic heterocycles. The summed E-state index contributed by atoms with van der Waals surface area (Å²) in [5, 5.41) is 9.30. The molecule has 0 N–H and O–H groups in total. The summed E-state index contributed by atoms with van der Waals surface area (Å²) in [5.74, 6) is 1.03. The maximum Gasteiger partial charge on any atom is 0.260 e. The van der Waals surface area contributed by atoms with Crippen LogP contribution in [0, 0.1) is 13.8 Å². The van der Waals surface area contributed by atoms with E-state index in [1.165, 1.54) is 11.3 Å². The van der Waals surface area contributed by atoms with Crippen molar-refractivity contribution in [1.82, 2.24) is 20.2 Å². The zero-order valence-electron chi connectivity index (χ0n) is 13.2. The van der Waals surface area contributed by atoms with Gasteiger partial charge in [-0.05, 0) is 37.6 Å². The molecule has 0 atom stereocenters. The largest absolute Gasteiger partial charge is 0.415 e. The fraction of sp³-hybridized carbons (Fsp3) is 0.111. The van der Waals surface area contributed by atoms with Gasteiger partial charge in [-0.15, -0.1) is 21.5 Å². The molecule has 0 aliphatic heterocycles. The minimum atomic E-state index is 0.499. The molecule has 4 aromatic rings. The molecule has 0 radical (unpaired) electrons. The van der Waals surface area contributed by atoms with Crippen LogP contribution in [0.2, 0.25) is 0 Å². The molecule has 0 unspecified atom stereocenters. The second kappa shape index (κ2) is 5.98. The predicted octanol–water partition coefficient (Wildman–Crippen LogP) is 4.54. The molecule has 0 saturated heterocycles. The Labute approximate surface area is 143 Å². The van der Waals surface area contributed by atoms with Gasteiger partial charge in [-0.3, -0.25) is 4.98 Å². The van der Waals surface area contributed by atoms with Gasteiger partial charge in [0, 0.05) is 23.5 Å². The lowest BCUT2D eigenvalue weighted by Crippen LogP contribution is -1.81. The summed E-state index contributed by atoms with van der Waals surface area (Å²) in [6.07, 6.45) is 3.55. The minimum absolute atomic E-state index is 0.499. The van der Waals surface area contributed by atoms with Crippen molar-refractivity contribution in [3.63, 3.8) is 0 Å². The van der Waals surface area contributed by atoms with E-state index in [2.05, 4.69) is 20.2 Å². The lowest BCUT2D eigenvalue weighted by atomic mass is 10.1. The number of rotatable bonds is 3. The Kier molecular flexibility index (Phi) is 3.66. The maximum atomic E-state index is 5.90. The molecule has 0 bridgehead atoms. The Balaban J connectivity index is 1.73. The molecule has 118 valence electrons. The van der Waals surface area contributed by atoms with Crippen LogP contribution >= 0.6 is 11.3 Å². The van der Waals surface area contributed by atoms with Crippen molar-refractivity contribution < 1.29 is 4.42 Å². The second-order valence-electron chi connectivity index (χ2n) is 5.40. The summed E-state index contributed by atoms with van der Waals surface area (Å²) >= 11 is 1.53. The fourth-order valence-electron chi connectivity index (χ4n) is 2.44. The van der Waals surface area contributed by atoms with Gasteiger partial charge >= 0.3 is 0 Å². The van der Waals surface area contributed by atoms with Crippen LogP contribution in [-0.2, 0) is 0 Å². The molecule has 0 aliphatic carbocycles. The van der Waals surface area contributed by atoms with Crippen LogP contribution in [0.5, 0.6) is 0 Å². The summed E-state index contributed by atoms with van der Waals surface area (Å²) in [7, 11) is 0. The Bertz CT molecular complexity index is 991. The van der Waals surface area contributed by atoms with Gasteiger partial charge in [0.15, 0.2) is 0 Å². The summed E-state index contributed by atoms with van der Waals surface area (Å²) < 4.78 is 5.90. The molecule has 6 heteroatoms. The first-order chi connectivity index (χ1) is 11.7. The highest BCUT2D eigenvalue weighted by Crippen LogP contribution is 2.35. The van der Waals surface area contributed by atoms with Gasteiger partial charge in [-0.1, -0.05) is 18.2 Å². The molecule has 4 rings (SSSR count). The van der Waals surface area contributed by atoms with E-state index < -0.39 is 0 Å². The lowest BCUT2D eigenvalue weighted by Gasteiger charge is -1.98. The van der Waals surface area contributed by atoms with E-state index in [0.717, 1.165) is 32.3 Å². The number of aryl methyl sites for hydroxylation is 2. The zero-order valence-corrected chi connectivity index (χ0v) is 14.0. The summed E-state index contributed by atoms with van der Waals surface area (Å²) in [5.41, 5.74) is 3.91. The highest BCUT2D eigenvalue weighted by Gasteiger charge is 2.18. The van der Waals surface area contributed by atoms with E-state index in [4.69, 9.17) is 4.42 Å². The van der Waals surface area contributed by atoms with E-state index >= 15 is 0 Å². The summed E-state index contributed by atoms with van der Waals surface area (Å²) in [6.45, 7) is 3.97. The molecule has 24 heavy (non-hydrogen) atoms. The molecule has 3 heterocycles. The third kappa shape index (κ3) is 2.61. The van der Waals surface area contributed by atoms with Crippen molar-refractivity contribution in [1.29, 1.82) is 0 Å². The molecule has 0 fully saturated rings. The van der Waals surface area contributed by atoms with Gasteiger partial charge in [-0.25, -0.2) is 4.98 Å². The first-order valence-electron chi connectivity index (χ1n) is 7.50. The Morgan fingerprint density at radius 3 is 2.58 bits per heavy atom. The van der Waals surface area contributed by atoms with Gasteiger partial charge in [-0.2, -0.15) is 0 Å². The molecule has 0 spiro atoms. The van der Waals surface area contributed by atoms with Crippen LogP contribution in [0.25, 0.3) is 32.8 Å².